The maximum atomic E-state index is 12.2. The predicted molar refractivity (Wildman–Crippen MR) is 227 cm³/mol. The maximum Gasteiger partial charge on any atom is 0.381 e. The van der Waals surface area contributed by atoms with Crippen molar-refractivity contribution in [2.45, 2.75) is 209 Å². The molecule has 0 aromatic carbocycles. The summed E-state index contributed by atoms with van der Waals surface area (Å²) < 4.78 is 0. The van der Waals surface area contributed by atoms with Crippen LogP contribution in [-0.4, -0.2) is 107 Å². The quantitative estimate of drug-likeness (QED) is 0.0243. The molecular weight excluding hydrogens is 741 g/mol. The number of carbonyl (C=O) groups excluding carboxylic acids is 1. The van der Waals surface area contributed by atoms with Crippen molar-refractivity contribution in [1.29, 1.82) is 0 Å². The number of aliphatic hydroxyl groups excluding tert-OH is 8. The number of carboxylic acids is 1. The van der Waals surface area contributed by atoms with E-state index in [0.717, 1.165) is 83.5 Å². The number of Topliss-reactive ketones (excluding diaryl/α,β-unsaturated/α-hetero) is 1. The lowest BCUT2D eigenvalue weighted by molar-refractivity contribution is -0.130. The van der Waals surface area contributed by atoms with Crippen molar-refractivity contribution in [1.82, 2.24) is 0 Å². The lowest BCUT2D eigenvalue weighted by Gasteiger charge is -2.19. The van der Waals surface area contributed by atoms with Gasteiger partial charge in [0.1, 0.15) is 24.1 Å². The Morgan fingerprint density at radius 3 is 1.72 bits per heavy atom. The lowest BCUT2D eigenvalue weighted by Crippen LogP contribution is -2.36. The molecule has 0 bridgehead atoms. The number of aliphatic hydroxyl groups is 8. The van der Waals surface area contributed by atoms with Gasteiger partial charge in [-0.2, -0.15) is 0 Å². The third-order valence-corrected chi connectivity index (χ3v) is 9.51. The molecule has 8 atom stereocenters. The van der Waals surface area contributed by atoms with E-state index in [4.69, 9.17) is 11.5 Å². The molecule has 0 aliphatic heterocycles. The van der Waals surface area contributed by atoms with Crippen LogP contribution in [0.3, 0.4) is 0 Å². The van der Waals surface area contributed by atoms with Crippen molar-refractivity contribution in [2.75, 3.05) is 0 Å². The number of allylic oxidation sites excluding steroid dienone is 2. The third-order valence-electron chi connectivity index (χ3n) is 9.51. The highest BCUT2D eigenvalue weighted by Crippen LogP contribution is 2.15. The molecule has 11 heteroatoms. The van der Waals surface area contributed by atoms with Gasteiger partial charge < -0.3 is 46.0 Å². The van der Waals surface area contributed by atoms with E-state index in [9.17, 15) is 50.4 Å². The van der Waals surface area contributed by atoms with E-state index in [1.807, 2.05) is 12.0 Å². The summed E-state index contributed by atoms with van der Waals surface area (Å²) in [5.41, 5.74) is 0. The summed E-state index contributed by atoms with van der Waals surface area (Å²) in [7, 11) is 0. The van der Waals surface area contributed by atoms with Gasteiger partial charge in [0.05, 0.1) is 24.4 Å². The van der Waals surface area contributed by atoms with Crippen molar-refractivity contribution in [3.63, 3.8) is 0 Å². The first-order valence-corrected chi connectivity index (χ1v) is 21.3. The molecule has 0 saturated carbocycles. The molecule has 0 radical (unpaired) electrons. The third kappa shape index (κ3) is 35.7. The maximum absolute atomic E-state index is 12.2. The number of hydrogen-bond donors (Lipinski definition) is 9. The molecule has 0 heterocycles. The van der Waals surface area contributed by atoms with Gasteiger partial charge in [-0.1, -0.05) is 118 Å². The normalized spacial score (nSPS) is 15.4. The fraction of sp³-hybridized carbons (Fsp3) is 0.702. The summed E-state index contributed by atoms with van der Waals surface area (Å²) in [6.45, 7) is 0. The second-order valence-corrected chi connectivity index (χ2v) is 14.9. The van der Waals surface area contributed by atoms with Gasteiger partial charge in [-0.3, -0.25) is 4.79 Å². The molecule has 326 valence electrons. The van der Waals surface area contributed by atoms with Crippen molar-refractivity contribution in [3.8, 4) is 47.9 Å². The number of rotatable bonds is 33. The summed E-state index contributed by atoms with van der Waals surface area (Å²) >= 11 is 0. The zero-order valence-electron chi connectivity index (χ0n) is 34.5. The first kappa shape index (κ1) is 54.5. The molecular formula is C47H72O11. The van der Waals surface area contributed by atoms with Gasteiger partial charge in [0.2, 0.25) is 0 Å². The Labute approximate surface area is 348 Å². The molecule has 58 heavy (non-hydrogen) atoms. The second-order valence-electron chi connectivity index (χ2n) is 14.9. The Hall–Kier alpha value is -3.46. The van der Waals surface area contributed by atoms with E-state index in [2.05, 4.69) is 29.6 Å². The number of carboxylic acid groups (broad SMARTS) is 1. The van der Waals surface area contributed by atoms with E-state index >= 15 is 0 Å². The molecule has 0 fully saturated rings. The molecule has 11 nitrogen and oxygen atoms in total. The van der Waals surface area contributed by atoms with Crippen molar-refractivity contribution >= 4 is 11.8 Å². The summed E-state index contributed by atoms with van der Waals surface area (Å²) in [6.07, 6.45) is 23.0. The van der Waals surface area contributed by atoms with Gasteiger partial charge in [0.15, 0.2) is 6.10 Å². The fourth-order valence-electron chi connectivity index (χ4n) is 6.06. The Morgan fingerprint density at radius 1 is 0.569 bits per heavy atom. The molecule has 0 aliphatic rings. The van der Waals surface area contributed by atoms with Crippen LogP contribution in [0.2, 0.25) is 0 Å². The van der Waals surface area contributed by atoms with Gasteiger partial charge in [0.25, 0.3) is 0 Å². The molecule has 9 N–H and O–H groups in total. The first-order valence-electron chi connectivity index (χ1n) is 21.3. The van der Waals surface area contributed by atoms with E-state index in [1.165, 1.54) is 0 Å². The van der Waals surface area contributed by atoms with E-state index in [1.54, 1.807) is 24.1 Å². The van der Waals surface area contributed by atoms with E-state index < -0.39 is 54.8 Å². The van der Waals surface area contributed by atoms with E-state index in [-0.39, 0.29) is 6.42 Å². The van der Waals surface area contributed by atoms with Gasteiger partial charge in [-0.15, -0.1) is 12.3 Å². The highest BCUT2D eigenvalue weighted by atomic mass is 16.4. The van der Waals surface area contributed by atoms with Crippen LogP contribution in [0.4, 0.5) is 0 Å². The molecule has 0 amide bonds. The van der Waals surface area contributed by atoms with Crippen LogP contribution in [0.1, 0.15) is 161 Å². The molecule has 0 spiro atoms. The Kier molecular flexibility index (Phi) is 35.5. The molecule has 0 aliphatic carbocycles. The zero-order chi connectivity index (χ0) is 43.2. The SMILES string of the molecule is C#CC/C=C/C(O)CCCC(O)CC#CC(O)C#CC(O)CCCC(O)/C=C/CCCCCC(=O)CCCCCCCCCCCCC(O)C(O)C(O)C#CC(=O)O. The first-order chi connectivity index (χ1) is 27.8. The van der Waals surface area contributed by atoms with Crippen LogP contribution in [0, 0.1) is 47.9 Å². The highest BCUT2D eigenvalue weighted by molar-refractivity contribution is 5.86. The average molecular weight is 813 g/mol. The molecule has 0 rings (SSSR count). The Bertz CT molecular complexity index is 1370. The molecule has 8 unspecified atom stereocenters. The monoisotopic (exact) mass is 813 g/mol. The van der Waals surface area contributed by atoms with Gasteiger partial charge in [-0.25, -0.2) is 4.79 Å². The number of hydrogen-bond acceptors (Lipinski definition) is 10. The highest BCUT2D eigenvalue weighted by Gasteiger charge is 2.22. The second kappa shape index (κ2) is 37.8. The van der Waals surface area contributed by atoms with Crippen LogP contribution in [0.5, 0.6) is 0 Å². The summed E-state index contributed by atoms with van der Waals surface area (Å²) in [6, 6.07) is 0. The predicted octanol–water partition coefficient (Wildman–Crippen LogP) is 5.04. The van der Waals surface area contributed by atoms with E-state index in [0.29, 0.717) is 76.4 Å². The topological polar surface area (TPSA) is 216 Å². The number of aliphatic carboxylic acids is 1. The van der Waals surface area contributed by atoms with Crippen molar-refractivity contribution in [2.24, 2.45) is 0 Å². The molecule has 0 aromatic rings. The van der Waals surface area contributed by atoms with Crippen molar-refractivity contribution < 1.29 is 55.5 Å². The number of unbranched alkanes of at least 4 members (excludes halogenated alkanes) is 12. The van der Waals surface area contributed by atoms with Crippen LogP contribution in [-0.2, 0) is 9.59 Å². The standard InChI is InChI=1S/C47H72O11/c1-2-3-15-23-39(49)27-20-29-41(51)30-22-32-43(53)35-34-42(52)31-21-28-40(50)26-18-13-10-12-17-25-38(48)24-16-11-8-6-4-5-7-9-14-19-33-44(54)47(58)45(55)36-37-46(56)57/h1,15,18,23,26,39-45,47,49-55,58H,3-14,16-17,19-21,24-25,27-31,33H2,(H,56,57)/b23-15+,26-18+. The smallest absolute Gasteiger partial charge is 0.381 e. The van der Waals surface area contributed by atoms with Crippen molar-refractivity contribution in [3.05, 3.63) is 24.3 Å². The van der Waals surface area contributed by atoms with Gasteiger partial charge >= 0.3 is 5.97 Å². The van der Waals surface area contributed by atoms with Crippen LogP contribution in [0.15, 0.2) is 24.3 Å². The minimum Gasteiger partial charge on any atom is -0.472 e. The van der Waals surface area contributed by atoms with Crippen LogP contribution >= 0.6 is 0 Å². The Balaban J connectivity index is 3.78. The Morgan fingerprint density at radius 2 is 1.12 bits per heavy atom. The minimum absolute atomic E-state index is 0.170. The van der Waals surface area contributed by atoms with Crippen LogP contribution < -0.4 is 0 Å². The lowest BCUT2D eigenvalue weighted by atomic mass is 10.0. The van der Waals surface area contributed by atoms with Gasteiger partial charge in [-0.05, 0) is 70.6 Å². The van der Waals surface area contributed by atoms with Gasteiger partial charge in [0, 0.05) is 31.6 Å². The van der Waals surface area contributed by atoms with Crippen LogP contribution in [0.25, 0.3) is 0 Å². The molecule has 0 saturated heterocycles. The zero-order valence-corrected chi connectivity index (χ0v) is 34.5. The number of carbonyl (C=O) groups is 2. The largest absolute Gasteiger partial charge is 0.472 e. The average Bonchev–Trinajstić information content (AvgIpc) is 3.18. The summed E-state index contributed by atoms with van der Waals surface area (Å²) in [5.74, 6) is 15.4. The summed E-state index contributed by atoms with van der Waals surface area (Å²) in [5, 5.41) is 88.0. The number of terminal acetylenes is 1. The molecule has 0 aromatic heterocycles. The number of ketones is 1. The minimum atomic E-state index is -1.59. The fourth-order valence-corrected chi connectivity index (χ4v) is 6.06. The summed E-state index contributed by atoms with van der Waals surface area (Å²) in [4.78, 5) is 22.6.